The Morgan fingerprint density at radius 1 is 1.27 bits per heavy atom. The van der Waals surface area contributed by atoms with Gasteiger partial charge in [-0.25, -0.2) is 4.98 Å². The second-order valence-corrected chi connectivity index (χ2v) is 6.68. The lowest BCUT2D eigenvalue weighted by Crippen LogP contribution is -2.33. The Bertz CT molecular complexity index is 568. The summed E-state index contributed by atoms with van der Waals surface area (Å²) in [6, 6.07) is 8.37. The van der Waals surface area contributed by atoms with Crippen LogP contribution in [0.5, 0.6) is 5.75 Å². The molecule has 2 rings (SSSR count). The third kappa shape index (κ3) is 5.09. The molecule has 0 saturated heterocycles. The van der Waals surface area contributed by atoms with Crippen LogP contribution in [0.1, 0.15) is 30.1 Å². The molecule has 1 aromatic carbocycles. The second kappa shape index (κ2) is 8.27. The Balaban J connectivity index is 1.80. The van der Waals surface area contributed by atoms with E-state index in [9.17, 15) is 0 Å². The molecule has 5 heteroatoms. The van der Waals surface area contributed by atoms with Gasteiger partial charge in [-0.05, 0) is 37.5 Å². The first-order chi connectivity index (χ1) is 10.6. The number of nitrogens with one attached hydrogen (secondary N) is 1. The number of aliphatic hydroxyl groups excluding tert-OH is 1. The van der Waals surface area contributed by atoms with Crippen LogP contribution in [0.4, 0.5) is 0 Å². The van der Waals surface area contributed by atoms with Crippen molar-refractivity contribution in [3.63, 3.8) is 0 Å². The van der Waals surface area contributed by atoms with E-state index in [0.29, 0.717) is 6.61 Å². The molecule has 0 bridgehead atoms. The van der Waals surface area contributed by atoms with Crippen molar-refractivity contribution in [2.45, 2.75) is 40.0 Å². The molecule has 0 aliphatic heterocycles. The average Bonchev–Trinajstić information content (AvgIpc) is 2.96. The van der Waals surface area contributed by atoms with Crippen molar-refractivity contribution < 1.29 is 9.84 Å². The van der Waals surface area contributed by atoms with Crippen molar-refractivity contribution in [2.75, 3.05) is 6.61 Å². The Hall–Kier alpha value is -1.43. The zero-order valence-electron chi connectivity index (χ0n) is 13.4. The molecule has 2 unspecified atom stereocenters. The molecule has 0 fully saturated rings. The summed E-state index contributed by atoms with van der Waals surface area (Å²) in [6.07, 6.45) is 0. The maximum atomic E-state index is 9.13. The fraction of sp³-hybridized carbons (Fsp3) is 0.471. The predicted octanol–water partition coefficient (Wildman–Crippen LogP) is 3.14. The van der Waals surface area contributed by atoms with Gasteiger partial charge < -0.3 is 15.2 Å². The number of ether oxygens (including phenoxy) is 1. The van der Waals surface area contributed by atoms with Gasteiger partial charge in [-0.2, -0.15) is 0 Å². The number of thiazole rings is 1. The molecule has 1 heterocycles. The molecule has 2 N–H and O–H groups in total. The Labute approximate surface area is 136 Å². The molecular formula is C17H24N2O2S. The first kappa shape index (κ1) is 16.9. The third-order valence-electron chi connectivity index (χ3n) is 3.75. The molecule has 0 aliphatic carbocycles. The fourth-order valence-electron chi connectivity index (χ4n) is 1.97. The van der Waals surface area contributed by atoms with Crippen LogP contribution in [0, 0.1) is 12.8 Å². The minimum Gasteiger partial charge on any atom is -0.487 e. The summed E-state index contributed by atoms with van der Waals surface area (Å²) in [5, 5.41) is 15.6. The molecule has 2 aromatic rings. The Morgan fingerprint density at radius 3 is 2.59 bits per heavy atom. The first-order valence-corrected chi connectivity index (χ1v) is 8.43. The topological polar surface area (TPSA) is 54.4 Å². The van der Waals surface area contributed by atoms with Crippen molar-refractivity contribution >= 4 is 11.3 Å². The molecule has 1 aromatic heterocycles. The highest BCUT2D eigenvalue weighted by Gasteiger charge is 2.10. The highest BCUT2D eigenvalue weighted by Crippen LogP contribution is 2.15. The normalized spacial score (nSPS) is 13.8. The van der Waals surface area contributed by atoms with E-state index < -0.39 is 0 Å². The van der Waals surface area contributed by atoms with Crippen molar-refractivity contribution in [1.82, 2.24) is 10.3 Å². The Morgan fingerprint density at radius 2 is 2.00 bits per heavy atom. The molecule has 4 nitrogen and oxygen atoms in total. The van der Waals surface area contributed by atoms with E-state index in [0.717, 1.165) is 23.0 Å². The van der Waals surface area contributed by atoms with Gasteiger partial charge in [0, 0.05) is 24.6 Å². The number of rotatable bonds is 8. The maximum Gasteiger partial charge on any atom is 0.131 e. The van der Waals surface area contributed by atoms with Crippen LogP contribution in [0.15, 0.2) is 29.6 Å². The van der Waals surface area contributed by atoms with Crippen LogP contribution >= 0.6 is 11.3 Å². The molecule has 0 radical (unpaired) electrons. The van der Waals surface area contributed by atoms with Crippen LogP contribution in [-0.2, 0) is 13.2 Å². The standard InChI is InChI=1S/C17H24N2O2S/c1-12(9-20)13(2)18-8-15-4-6-17(7-5-15)21-10-16-11-22-14(3)19-16/h4-7,11-13,18,20H,8-10H2,1-3H3. The minimum atomic E-state index is 0.205. The minimum absolute atomic E-state index is 0.205. The molecule has 0 spiro atoms. The van der Waals surface area contributed by atoms with Gasteiger partial charge >= 0.3 is 0 Å². The van der Waals surface area contributed by atoms with Crippen LogP contribution in [0.2, 0.25) is 0 Å². The highest BCUT2D eigenvalue weighted by atomic mass is 32.1. The van der Waals surface area contributed by atoms with E-state index in [1.807, 2.05) is 31.4 Å². The maximum absolute atomic E-state index is 9.13. The quantitative estimate of drug-likeness (QED) is 0.784. The molecular weight excluding hydrogens is 296 g/mol. The lowest BCUT2D eigenvalue weighted by atomic mass is 10.0. The number of benzene rings is 1. The first-order valence-electron chi connectivity index (χ1n) is 7.55. The number of aryl methyl sites for hydroxylation is 1. The van der Waals surface area contributed by atoms with E-state index >= 15 is 0 Å². The van der Waals surface area contributed by atoms with Gasteiger partial charge in [0.2, 0.25) is 0 Å². The van der Waals surface area contributed by atoms with Crippen LogP contribution < -0.4 is 10.1 Å². The van der Waals surface area contributed by atoms with Gasteiger partial charge in [0.15, 0.2) is 0 Å². The van der Waals surface area contributed by atoms with Gasteiger partial charge in [-0.15, -0.1) is 11.3 Å². The summed E-state index contributed by atoms with van der Waals surface area (Å²) in [7, 11) is 0. The van der Waals surface area contributed by atoms with Gasteiger partial charge in [-0.1, -0.05) is 19.1 Å². The third-order valence-corrected chi connectivity index (χ3v) is 4.57. The van der Waals surface area contributed by atoms with E-state index in [-0.39, 0.29) is 18.6 Å². The molecule has 22 heavy (non-hydrogen) atoms. The molecule has 0 saturated carbocycles. The van der Waals surface area contributed by atoms with E-state index in [1.165, 1.54) is 5.56 Å². The van der Waals surface area contributed by atoms with Crippen molar-refractivity contribution in [3.05, 3.63) is 45.9 Å². The summed E-state index contributed by atoms with van der Waals surface area (Å²) >= 11 is 1.64. The van der Waals surface area contributed by atoms with Crippen molar-refractivity contribution in [1.29, 1.82) is 0 Å². The smallest absolute Gasteiger partial charge is 0.131 e. The summed E-state index contributed by atoms with van der Waals surface area (Å²) in [5.41, 5.74) is 2.17. The average molecular weight is 320 g/mol. The molecule has 2 atom stereocenters. The van der Waals surface area contributed by atoms with Crippen LogP contribution in [0.25, 0.3) is 0 Å². The number of hydrogen-bond acceptors (Lipinski definition) is 5. The van der Waals surface area contributed by atoms with Crippen LogP contribution in [-0.4, -0.2) is 22.7 Å². The molecule has 120 valence electrons. The zero-order valence-corrected chi connectivity index (χ0v) is 14.2. The zero-order chi connectivity index (χ0) is 15.9. The SMILES string of the molecule is Cc1nc(COc2ccc(CNC(C)C(C)CO)cc2)cs1. The molecule has 0 amide bonds. The van der Waals surface area contributed by atoms with Crippen LogP contribution in [0.3, 0.4) is 0 Å². The Kier molecular flexibility index (Phi) is 6.36. The number of aromatic nitrogens is 1. The van der Waals surface area contributed by atoms with Gasteiger partial charge in [-0.3, -0.25) is 0 Å². The summed E-state index contributed by atoms with van der Waals surface area (Å²) in [5.74, 6) is 1.11. The lowest BCUT2D eigenvalue weighted by Gasteiger charge is -2.19. The predicted molar refractivity (Wildman–Crippen MR) is 90.2 cm³/mol. The van der Waals surface area contributed by atoms with E-state index in [4.69, 9.17) is 9.84 Å². The van der Waals surface area contributed by atoms with Crippen molar-refractivity contribution in [3.8, 4) is 5.75 Å². The summed E-state index contributed by atoms with van der Waals surface area (Å²) < 4.78 is 5.73. The second-order valence-electron chi connectivity index (χ2n) is 5.62. The number of aliphatic hydroxyl groups is 1. The fourth-order valence-corrected chi connectivity index (χ4v) is 2.57. The van der Waals surface area contributed by atoms with Gasteiger partial charge in [0.05, 0.1) is 10.7 Å². The monoisotopic (exact) mass is 320 g/mol. The lowest BCUT2D eigenvalue weighted by molar-refractivity contribution is 0.207. The largest absolute Gasteiger partial charge is 0.487 e. The van der Waals surface area contributed by atoms with Gasteiger partial charge in [0.25, 0.3) is 0 Å². The molecule has 0 aliphatic rings. The number of nitrogens with zero attached hydrogens (tertiary/aromatic N) is 1. The van der Waals surface area contributed by atoms with E-state index in [1.54, 1.807) is 11.3 Å². The number of hydrogen-bond donors (Lipinski definition) is 2. The van der Waals surface area contributed by atoms with E-state index in [2.05, 4.69) is 29.4 Å². The summed E-state index contributed by atoms with van der Waals surface area (Å²) in [4.78, 5) is 4.38. The van der Waals surface area contributed by atoms with Gasteiger partial charge in [0.1, 0.15) is 12.4 Å². The highest BCUT2D eigenvalue weighted by molar-refractivity contribution is 7.09. The summed E-state index contributed by atoms with van der Waals surface area (Å²) in [6.45, 7) is 7.62. The van der Waals surface area contributed by atoms with Crippen molar-refractivity contribution in [2.24, 2.45) is 5.92 Å².